The van der Waals surface area contributed by atoms with Crippen molar-refractivity contribution >= 4 is 17.9 Å². The number of hydrogen-bond donors (Lipinski definition) is 0. The molecule has 1 aliphatic carbocycles. The molecule has 0 amide bonds. The Morgan fingerprint density at radius 2 is 1.04 bits per heavy atom. The van der Waals surface area contributed by atoms with Gasteiger partial charge < -0.3 is 0 Å². The van der Waals surface area contributed by atoms with E-state index in [1.807, 2.05) is 97.1 Å². The van der Waals surface area contributed by atoms with Crippen LogP contribution in [0.25, 0.3) is 12.2 Å². The highest BCUT2D eigenvalue weighted by Crippen LogP contribution is 2.26. The molecule has 1 heteroatoms. The molecule has 24 heavy (non-hydrogen) atoms. The Balaban J connectivity index is 1.64. The molecule has 1 nitrogen and oxygen atoms in total. The standard InChI is InChI=1S/C23H20O/c24-23-21(15-7-13-19-9-3-1-4-10-19)17-18-22(23)16-8-14-20-11-5-2-6-12-20/h1-16H,17-18H2/b13-7+,14-8+,21-15-,22-16+. The molecule has 0 N–H and O–H groups in total. The molecule has 0 aromatic heterocycles. The minimum absolute atomic E-state index is 0.172. The molecule has 0 bridgehead atoms. The lowest BCUT2D eigenvalue weighted by molar-refractivity contribution is -0.111. The van der Waals surface area contributed by atoms with Crippen LogP contribution in [0.3, 0.4) is 0 Å². The van der Waals surface area contributed by atoms with Crippen molar-refractivity contribution in [3.05, 3.63) is 107 Å². The molecule has 2 aromatic rings. The average Bonchev–Trinajstić information content (AvgIpc) is 2.97. The largest absolute Gasteiger partial charge is 0.289 e. The fourth-order valence-electron chi connectivity index (χ4n) is 2.70. The highest BCUT2D eigenvalue weighted by atomic mass is 16.1. The molecule has 0 spiro atoms. The Morgan fingerprint density at radius 1 is 0.625 bits per heavy atom. The van der Waals surface area contributed by atoms with E-state index in [2.05, 4.69) is 0 Å². The van der Waals surface area contributed by atoms with Gasteiger partial charge in [0.15, 0.2) is 5.78 Å². The van der Waals surface area contributed by atoms with Crippen molar-refractivity contribution < 1.29 is 4.79 Å². The van der Waals surface area contributed by atoms with Gasteiger partial charge in [-0.3, -0.25) is 4.79 Å². The quantitative estimate of drug-likeness (QED) is 0.669. The van der Waals surface area contributed by atoms with Crippen LogP contribution in [0.5, 0.6) is 0 Å². The van der Waals surface area contributed by atoms with Crippen molar-refractivity contribution in [3.8, 4) is 0 Å². The van der Waals surface area contributed by atoms with Gasteiger partial charge in [0.2, 0.25) is 0 Å². The molecule has 1 fully saturated rings. The maximum absolute atomic E-state index is 12.4. The van der Waals surface area contributed by atoms with E-state index in [-0.39, 0.29) is 5.78 Å². The van der Waals surface area contributed by atoms with Gasteiger partial charge in [-0.05, 0) is 24.0 Å². The van der Waals surface area contributed by atoms with E-state index in [0.29, 0.717) is 0 Å². The van der Waals surface area contributed by atoms with Crippen LogP contribution in [0, 0.1) is 0 Å². The van der Waals surface area contributed by atoms with Crippen molar-refractivity contribution in [2.75, 3.05) is 0 Å². The summed E-state index contributed by atoms with van der Waals surface area (Å²) >= 11 is 0. The maximum Gasteiger partial charge on any atom is 0.185 e. The van der Waals surface area contributed by atoms with Crippen LogP contribution in [0.1, 0.15) is 24.0 Å². The molecule has 0 saturated heterocycles. The minimum Gasteiger partial charge on any atom is -0.289 e. The maximum atomic E-state index is 12.4. The highest BCUT2D eigenvalue weighted by Gasteiger charge is 2.21. The van der Waals surface area contributed by atoms with Gasteiger partial charge in [0, 0.05) is 11.1 Å². The first-order valence-corrected chi connectivity index (χ1v) is 8.22. The van der Waals surface area contributed by atoms with Crippen LogP contribution in [-0.2, 0) is 4.79 Å². The molecular weight excluding hydrogens is 292 g/mol. The zero-order valence-corrected chi connectivity index (χ0v) is 13.6. The summed E-state index contributed by atoms with van der Waals surface area (Å²) in [5.74, 6) is 0.172. The van der Waals surface area contributed by atoms with E-state index >= 15 is 0 Å². The summed E-state index contributed by atoms with van der Waals surface area (Å²) in [5.41, 5.74) is 4.06. The van der Waals surface area contributed by atoms with Crippen LogP contribution < -0.4 is 0 Å². The van der Waals surface area contributed by atoms with Gasteiger partial charge in [-0.1, -0.05) is 97.1 Å². The second-order valence-corrected chi connectivity index (χ2v) is 5.75. The lowest BCUT2D eigenvalue weighted by Crippen LogP contribution is -1.94. The van der Waals surface area contributed by atoms with E-state index in [0.717, 1.165) is 35.1 Å². The number of Topliss-reactive ketones (excluding diaryl/α,β-unsaturated/α-hetero) is 1. The topological polar surface area (TPSA) is 17.1 Å². The molecule has 1 saturated carbocycles. The normalized spacial score (nSPS) is 18.4. The molecule has 0 radical (unpaired) electrons. The second-order valence-electron chi connectivity index (χ2n) is 5.75. The summed E-state index contributed by atoms with van der Waals surface area (Å²) in [6.07, 6.45) is 13.5. The predicted octanol–water partition coefficient (Wildman–Crippen LogP) is 5.63. The Labute approximate surface area is 143 Å². The summed E-state index contributed by atoms with van der Waals surface area (Å²) in [5, 5.41) is 0. The van der Waals surface area contributed by atoms with Crippen molar-refractivity contribution in [3.63, 3.8) is 0 Å². The van der Waals surface area contributed by atoms with E-state index in [4.69, 9.17) is 0 Å². The molecule has 0 unspecified atom stereocenters. The fraction of sp³-hybridized carbons (Fsp3) is 0.0870. The number of rotatable bonds is 4. The number of benzene rings is 2. The lowest BCUT2D eigenvalue weighted by Gasteiger charge is -1.93. The van der Waals surface area contributed by atoms with E-state index in [1.165, 1.54) is 0 Å². The van der Waals surface area contributed by atoms with Gasteiger partial charge in [0.25, 0.3) is 0 Å². The summed E-state index contributed by atoms with van der Waals surface area (Å²) in [6.45, 7) is 0. The minimum atomic E-state index is 0.172. The van der Waals surface area contributed by atoms with Crippen molar-refractivity contribution in [2.24, 2.45) is 0 Å². The third kappa shape index (κ3) is 4.30. The number of carbonyl (C=O) groups is 1. The lowest BCUT2D eigenvalue weighted by atomic mass is 10.1. The summed E-state index contributed by atoms with van der Waals surface area (Å²) in [7, 11) is 0. The summed E-state index contributed by atoms with van der Waals surface area (Å²) in [6, 6.07) is 20.2. The van der Waals surface area contributed by atoms with Crippen LogP contribution in [0.2, 0.25) is 0 Å². The number of hydrogen-bond acceptors (Lipinski definition) is 1. The molecule has 3 rings (SSSR count). The Bertz CT molecular complexity index is 736. The van der Waals surface area contributed by atoms with Crippen molar-refractivity contribution in [2.45, 2.75) is 12.8 Å². The smallest absolute Gasteiger partial charge is 0.185 e. The molecule has 1 aliphatic rings. The van der Waals surface area contributed by atoms with Crippen LogP contribution in [0.15, 0.2) is 96.1 Å². The van der Waals surface area contributed by atoms with Crippen molar-refractivity contribution in [1.29, 1.82) is 0 Å². The van der Waals surface area contributed by atoms with Crippen molar-refractivity contribution in [1.82, 2.24) is 0 Å². The zero-order chi connectivity index (χ0) is 16.6. The Morgan fingerprint density at radius 3 is 1.46 bits per heavy atom. The van der Waals surface area contributed by atoms with E-state index < -0.39 is 0 Å². The first-order chi connectivity index (χ1) is 11.8. The first-order valence-electron chi connectivity index (χ1n) is 8.22. The van der Waals surface area contributed by atoms with E-state index in [9.17, 15) is 4.79 Å². The Hall–Kier alpha value is -2.93. The third-order valence-electron chi connectivity index (χ3n) is 4.02. The number of ketones is 1. The number of carbonyl (C=O) groups excluding carboxylic acids is 1. The molecule has 2 aromatic carbocycles. The van der Waals surface area contributed by atoms with Gasteiger partial charge >= 0.3 is 0 Å². The third-order valence-corrected chi connectivity index (χ3v) is 4.02. The molecule has 0 aliphatic heterocycles. The zero-order valence-electron chi connectivity index (χ0n) is 13.6. The Kier molecular flexibility index (Phi) is 5.36. The fourth-order valence-corrected chi connectivity index (χ4v) is 2.70. The summed E-state index contributed by atoms with van der Waals surface area (Å²) in [4.78, 5) is 12.4. The van der Waals surface area contributed by atoms with E-state index in [1.54, 1.807) is 0 Å². The van der Waals surface area contributed by atoms with Gasteiger partial charge in [-0.25, -0.2) is 0 Å². The van der Waals surface area contributed by atoms with Crippen LogP contribution >= 0.6 is 0 Å². The SMILES string of the molecule is O=C1/C(=C\C=C\c2ccccc2)CC/C1=C\C=C\c1ccccc1. The van der Waals surface area contributed by atoms with Gasteiger partial charge in [-0.2, -0.15) is 0 Å². The van der Waals surface area contributed by atoms with Gasteiger partial charge in [-0.15, -0.1) is 0 Å². The monoisotopic (exact) mass is 312 g/mol. The first kappa shape index (κ1) is 15.9. The van der Waals surface area contributed by atoms with Gasteiger partial charge in [0.05, 0.1) is 0 Å². The average molecular weight is 312 g/mol. The van der Waals surface area contributed by atoms with Gasteiger partial charge in [0.1, 0.15) is 0 Å². The molecular formula is C23H20O. The molecule has 0 atom stereocenters. The molecule has 0 heterocycles. The molecule has 118 valence electrons. The summed E-state index contributed by atoms with van der Waals surface area (Å²) < 4.78 is 0. The number of allylic oxidation sites excluding steroid dienone is 6. The van der Waals surface area contributed by atoms with Crippen LogP contribution in [-0.4, -0.2) is 5.78 Å². The highest BCUT2D eigenvalue weighted by molar-refractivity contribution is 6.11. The second kappa shape index (κ2) is 8.07. The van der Waals surface area contributed by atoms with Crippen LogP contribution in [0.4, 0.5) is 0 Å². The predicted molar refractivity (Wildman–Crippen MR) is 101 cm³/mol.